The van der Waals surface area contributed by atoms with Gasteiger partial charge in [0.25, 0.3) is 0 Å². The molecule has 0 aliphatic carbocycles. The van der Waals surface area contributed by atoms with E-state index in [2.05, 4.69) is 15.3 Å². The number of nitrogens with one attached hydrogen (secondary N) is 2. The molecule has 27 heavy (non-hydrogen) atoms. The predicted molar refractivity (Wildman–Crippen MR) is 107 cm³/mol. The molecular weight excluding hydrogens is 383 g/mol. The van der Waals surface area contributed by atoms with Gasteiger partial charge in [-0.2, -0.15) is 5.26 Å². The lowest BCUT2D eigenvalue weighted by atomic mass is 10.2. The molecule has 4 aromatic rings. The Labute approximate surface area is 165 Å². The highest BCUT2D eigenvalue weighted by molar-refractivity contribution is 6.42. The number of aromatic amines is 1. The Hall–Kier alpha value is -3.20. The van der Waals surface area contributed by atoms with Crippen molar-refractivity contribution in [3.05, 3.63) is 76.5 Å². The number of benzene rings is 2. The van der Waals surface area contributed by atoms with E-state index in [1.165, 1.54) is 0 Å². The van der Waals surface area contributed by atoms with Crippen LogP contribution >= 0.6 is 23.2 Å². The fourth-order valence-electron chi connectivity index (χ4n) is 2.64. The first kappa shape index (κ1) is 17.2. The number of ether oxygens (including phenoxy) is 1. The number of anilines is 2. The van der Waals surface area contributed by atoms with Crippen molar-refractivity contribution in [3.8, 4) is 17.6 Å². The Kier molecular flexibility index (Phi) is 4.59. The molecule has 0 amide bonds. The Morgan fingerprint density at radius 1 is 0.963 bits per heavy atom. The van der Waals surface area contributed by atoms with Crippen molar-refractivity contribution < 1.29 is 4.74 Å². The van der Waals surface area contributed by atoms with E-state index < -0.39 is 0 Å². The third-order valence-electron chi connectivity index (χ3n) is 3.87. The number of H-pyrrole nitrogens is 1. The highest BCUT2D eigenvalue weighted by atomic mass is 35.5. The van der Waals surface area contributed by atoms with E-state index in [1.807, 2.05) is 36.5 Å². The molecule has 0 aliphatic heterocycles. The monoisotopic (exact) mass is 394 g/mol. The van der Waals surface area contributed by atoms with Crippen LogP contribution in [0.3, 0.4) is 0 Å². The molecule has 0 unspecified atom stereocenters. The molecule has 2 heterocycles. The molecule has 0 bridgehead atoms. The summed E-state index contributed by atoms with van der Waals surface area (Å²) in [6, 6.07) is 18.2. The van der Waals surface area contributed by atoms with Crippen molar-refractivity contribution in [1.82, 2.24) is 9.97 Å². The van der Waals surface area contributed by atoms with Crippen LogP contribution in [-0.2, 0) is 0 Å². The third kappa shape index (κ3) is 3.82. The zero-order valence-electron chi connectivity index (χ0n) is 13.8. The SMILES string of the molecule is N#Cc1cc(Oc2ccc(Cl)c(Cl)c2)cc(Nc2ccc3cc[nH]c3c2)n1. The van der Waals surface area contributed by atoms with Crippen molar-refractivity contribution in [1.29, 1.82) is 5.26 Å². The van der Waals surface area contributed by atoms with Gasteiger partial charge in [0.05, 0.1) is 10.0 Å². The van der Waals surface area contributed by atoms with Gasteiger partial charge in [0.15, 0.2) is 0 Å². The maximum atomic E-state index is 9.27. The van der Waals surface area contributed by atoms with E-state index >= 15 is 0 Å². The normalized spacial score (nSPS) is 10.6. The number of nitrogens with zero attached hydrogens (tertiary/aromatic N) is 2. The summed E-state index contributed by atoms with van der Waals surface area (Å²) in [5.74, 6) is 1.47. The molecule has 2 aromatic heterocycles. The topological polar surface area (TPSA) is 73.7 Å². The predicted octanol–water partition coefficient (Wildman–Crippen LogP) is 6.28. The number of aromatic nitrogens is 2. The number of nitriles is 1. The van der Waals surface area contributed by atoms with Crippen LogP contribution in [0.2, 0.25) is 10.0 Å². The summed E-state index contributed by atoms with van der Waals surface area (Å²) in [5, 5.41) is 14.4. The molecule has 0 saturated heterocycles. The van der Waals surface area contributed by atoms with Gasteiger partial charge < -0.3 is 15.0 Å². The van der Waals surface area contributed by atoms with Gasteiger partial charge in [0.2, 0.25) is 0 Å². The van der Waals surface area contributed by atoms with Crippen LogP contribution in [-0.4, -0.2) is 9.97 Å². The summed E-state index contributed by atoms with van der Waals surface area (Å²) in [4.78, 5) is 7.44. The summed E-state index contributed by atoms with van der Waals surface area (Å²) >= 11 is 12.0. The molecule has 2 aromatic carbocycles. The van der Waals surface area contributed by atoms with Crippen LogP contribution in [0.15, 0.2) is 60.8 Å². The van der Waals surface area contributed by atoms with E-state index in [4.69, 9.17) is 27.9 Å². The van der Waals surface area contributed by atoms with Crippen LogP contribution in [0.25, 0.3) is 10.9 Å². The number of hydrogen-bond donors (Lipinski definition) is 2. The molecule has 0 atom stereocenters. The fraction of sp³-hybridized carbons (Fsp3) is 0. The minimum atomic E-state index is 0.232. The second-order valence-electron chi connectivity index (χ2n) is 5.77. The molecule has 2 N–H and O–H groups in total. The average molecular weight is 395 g/mol. The Morgan fingerprint density at radius 2 is 1.85 bits per heavy atom. The molecular formula is C20H12Cl2N4O. The number of rotatable bonds is 4. The van der Waals surface area contributed by atoms with E-state index in [1.54, 1.807) is 30.3 Å². The van der Waals surface area contributed by atoms with Crippen LogP contribution < -0.4 is 10.1 Å². The fourth-order valence-corrected chi connectivity index (χ4v) is 2.92. The van der Waals surface area contributed by atoms with Crippen molar-refractivity contribution in [2.24, 2.45) is 0 Å². The highest BCUT2D eigenvalue weighted by Gasteiger charge is 2.08. The Balaban J connectivity index is 1.63. The standard InChI is InChI=1S/C20H12Cl2N4O/c21-17-4-3-15(9-18(17)22)27-16-7-14(11-23)26-20(10-16)25-13-2-1-12-5-6-24-19(12)8-13/h1-10,24H,(H,25,26). The summed E-state index contributed by atoms with van der Waals surface area (Å²) in [5.41, 5.74) is 2.08. The number of halogens is 2. The number of hydrogen-bond acceptors (Lipinski definition) is 4. The zero-order chi connectivity index (χ0) is 18.8. The summed E-state index contributed by atoms with van der Waals surface area (Å²) in [7, 11) is 0. The van der Waals surface area contributed by atoms with E-state index in [0.717, 1.165) is 16.6 Å². The maximum Gasteiger partial charge on any atom is 0.146 e. The lowest BCUT2D eigenvalue weighted by molar-refractivity contribution is 0.482. The Bertz CT molecular complexity index is 1180. The minimum Gasteiger partial charge on any atom is -0.457 e. The third-order valence-corrected chi connectivity index (χ3v) is 4.61. The molecule has 0 saturated carbocycles. The highest BCUT2D eigenvalue weighted by Crippen LogP contribution is 2.31. The molecule has 0 aliphatic rings. The first-order chi connectivity index (χ1) is 13.1. The lowest BCUT2D eigenvalue weighted by Gasteiger charge is -2.10. The van der Waals surface area contributed by atoms with Crippen LogP contribution in [0.4, 0.5) is 11.5 Å². The van der Waals surface area contributed by atoms with Gasteiger partial charge in [-0.05, 0) is 35.7 Å². The average Bonchev–Trinajstić information content (AvgIpc) is 3.12. The second-order valence-corrected chi connectivity index (χ2v) is 6.58. The van der Waals surface area contributed by atoms with E-state index in [9.17, 15) is 5.26 Å². The van der Waals surface area contributed by atoms with Crippen molar-refractivity contribution in [2.75, 3.05) is 5.32 Å². The summed E-state index contributed by atoms with van der Waals surface area (Å²) < 4.78 is 5.81. The van der Waals surface area contributed by atoms with E-state index in [-0.39, 0.29) is 5.69 Å². The summed E-state index contributed by atoms with van der Waals surface area (Å²) in [6.07, 6.45) is 1.88. The molecule has 5 nitrogen and oxygen atoms in total. The van der Waals surface area contributed by atoms with Gasteiger partial charge >= 0.3 is 0 Å². The van der Waals surface area contributed by atoms with Crippen molar-refractivity contribution in [3.63, 3.8) is 0 Å². The summed E-state index contributed by atoms with van der Waals surface area (Å²) in [6.45, 7) is 0. The van der Waals surface area contributed by atoms with Gasteiger partial charge in [0.1, 0.15) is 29.1 Å². The van der Waals surface area contributed by atoms with Gasteiger partial charge in [-0.3, -0.25) is 0 Å². The van der Waals surface area contributed by atoms with Crippen LogP contribution in [0.5, 0.6) is 11.5 Å². The Morgan fingerprint density at radius 3 is 2.67 bits per heavy atom. The zero-order valence-corrected chi connectivity index (χ0v) is 15.3. The lowest BCUT2D eigenvalue weighted by Crippen LogP contribution is -1.97. The van der Waals surface area contributed by atoms with Crippen LogP contribution in [0, 0.1) is 11.3 Å². The van der Waals surface area contributed by atoms with Gasteiger partial charge in [-0.25, -0.2) is 4.98 Å². The molecule has 0 spiro atoms. The molecule has 7 heteroatoms. The molecule has 0 fully saturated rings. The first-order valence-corrected chi connectivity index (χ1v) is 8.75. The molecule has 4 rings (SSSR count). The van der Waals surface area contributed by atoms with Crippen molar-refractivity contribution in [2.45, 2.75) is 0 Å². The smallest absolute Gasteiger partial charge is 0.146 e. The maximum absolute atomic E-state index is 9.27. The number of fused-ring (bicyclic) bond motifs is 1. The van der Waals surface area contributed by atoms with E-state index in [0.29, 0.717) is 27.4 Å². The largest absolute Gasteiger partial charge is 0.457 e. The molecule has 132 valence electrons. The second kappa shape index (κ2) is 7.20. The van der Waals surface area contributed by atoms with Gasteiger partial charge in [-0.15, -0.1) is 0 Å². The minimum absolute atomic E-state index is 0.232. The van der Waals surface area contributed by atoms with Gasteiger partial charge in [0, 0.05) is 35.6 Å². The molecule has 0 radical (unpaired) electrons. The first-order valence-electron chi connectivity index (χ1n) is 8.00. The van der Waals surface area contributed by atoms with Crippen LogP contribution in [0.1, 0.15) is 5.69 Å². The number of pyridine rings is 1. The van der Waals surface area contributed by atoms with Gasteiger partial charge in [-0.1, -0.05) is 29.3 Å². The quantitative estimate of drug-likeness (QED) is 0.427. The van der Waals surface area contributed by atoms with Crippen molar-refractivity contribution >= 4 is 45.6 Å².